The summed E-state index contributed by atoms with van der Waals surface area (Å²) in [5, 5.41) is 0. The minimum absolute atomic E-state index is 0.977. The molecule has 0 radical (unpaired) electrons. The van der Waals surface area contributed by atoms with E-state index in [0.29, 0.717) is 0 Å². The van der Waals surface area contributed by atoms with E-state index < -0.39 is 0 Å². The van der Waals surface area contributed by atoms with Gasteiger partial charge in [0.05, 0.1) is 0 Å². The normalized spacial score (nSPS) is 12.2. The largest absolute Gasteiger partial charge is 0.0683 e. The average Bonchev–Trinajstić information content (AvgIpc) is 2.98. The quantitative estimate of drug-likeness (QED) is 0.196. The lowest BCUT2D eigenvalue weighted by molar-refractivity contribution is 0.240. The summed E-state index contributed by atoms with van der Waals surface area (Å²) in [7, 11) is 0. The minimum Gasteiger partial charge on any atom is -0.0683 e. The monoisotopic (exact) mass is 505 g/mol. The van der Waals surface area contributed by atoms with Crippen LogP contribution in [-0.4, -0.2) is 0 Å². The third-order valence-electron chi connectivity index (χ3n) is 6.24. The lowest BCUT2D eigenvalue weighted by Gasteiger charge is -2.28. The third-order valence-corrected chi connectivity index (χ3v) is 6.24. The van der Waals surface area contributed by atoms with E-state index in [4.69, 9.17) is 0 Å². The van der Waals surface area contributed by atoms with Crippen LogP contribution in [0.2, 0.25) is 0 Å². The molecule has 35 heavy (non-hydrogen) atoms. The molecular weight excluding hydrogens is 420 g/mol. The molecule has 0 aromatic heterocycles. The van der Waals surface area contributed by atoms with Gasteiger partial charge in [-0.2, -0.15) is 0 Å². The van der Waals surface area contributed by atoms with Crippen LogP contribution in [0.3, 0.4) is 0 Å². The first-order valence-corrected chi connectivity index (χ1v) is 17.1. The molecule has 0 heterocycles. The summed E-state index contributed by atoms with van der Waals surface area (Å²) in [6.07, 6.45) is 18.6. The second-order valence-electron chi connectivity index (χ2n) is 8.09. The van der Waals surface area contributed by atoms with E-state index >= 15 is 0 Å². The van der Waals surface area contributed by atoms with Gasteiger partial charge in [0.25, 0.3) is 0 Å². The smallest absolute Gasteiger partial charge is 0.0412 e. The zero-order valence-corrected chi connectivity index (χ0v) is 29.5. The Morgan fingerprint density at radius 2 is 0.514 bits per heavy atom. The summed E-state index contributed by atoms with van der Waals surface area (Å²) in [5.41, 5.74) is 0. The zero-order chi connectivity index (χ0) is 29.5. The van der Waals surface area contributed by atoms with Gasteiger partial charge < -0.3 is 0 Å². The molecule has 0 aliphatic carbocycles. The number of hydrogen-bond acceptors (Lipinski definition) is 0. The number of hydrogen-bond donors (Lipinski definition) is 0. The fourth-order valence-electron chi connectivity index (χ4n) is 4.24. The van der Waals surface area contributed by atoms with Crippen molar-refractivity contribution < 1.29 is 0 Å². The molecule has 0 aliphatic heterocycles. The van der Waals surface area contributed by atoms with Gasteiger partial charge in [-0.3, -0.25) is 0 Å². The van der Waals surface area contributed by atoms with E-state index in [1.165, 1.54) is 83.5 Å². The first kappa shape index (κ1) is 51.6. The van der Waals surface area contributed by atoms with E-state index in [0.717, 1.165) is 23.7 Å². The molecule has 0 aromatic carbocycles. The van der Waals surface area contributed by atoms with Crippen molar-refractivity contribution in [2.24, 2.45) is 23.7 Å². The summed E-state index contributed by atoms with van der Waals surface area (Å²) in [5.74, 6) is 3.93. The number of unbranched alkanes of at least 4 members (excludes halogenated alkanes) is 2. The van der Waals surface area contributed by atoms with Crippen molar-refractivity contribution >= 4 is 0 Å². The second kappa shape index (κ2) is 59.2. The van der Waals surface area contributed by atoms with Crippen LogP contribution in [-0.2, 0) is 0 Å². The molecular formula is C35H84. The Hall–Kier alpha value is 0. The highest BCUT2D eigenvalue weighted by Gasteiger charge is 2.20. The van der Waals surface area contributed by atoms with Gasteiger partial charge in [0, 0.05) is 0 Å². The topological polar surface area (TPSA) is 0 Å². The molecule has 0 heteroatoms. The molecule has 0 N–H and O–H groups in total. The Labute approximate surface area is 231 Å². The Morgan fingerprint density at radius 3 is 0.686 bits per heavy atom. The van der Waals surface area contributed by atoms with Crippen LogP contribution in [0.4, 0.5) is 0 Å². The van der Waals surface area contributed by atoms with Crippen LogP contribution in [0.15, 0.2) is 0 Å². The predicted molar refractivity (Wildman–Crippen MR) is 176 cm³/mol. The summed E-state index contributed by atoms with van der Waals surface area (Å²) >= 11 is 0. The van der Waals surface area contributed by atoms with E-state index in [1.807, 2.05) is 83.1 Å². The lowest BCUT2D eigenvalue weighted by Crippen LogP contribution is -2.15. The van der Waals surface area contributed by atoms with Crippen molar-refractivity contribution in [3.8, 4) is 0 Å². The summed E-state index contributed by atoms with van der Waals surface area (Å²) in [6.45, 7) is 38.3. The van der Waals surface area contributed by atoms with Gasteiger partial charge in [-0.05, 0) is 42.9 Å². The Kier molecular flexibility index (Phi) is 87.4. The van der Waals surface area contributed by atoms with Crippen molar-refractivity contribution in [3.63, 3.8) is 0 Å². The van der Waals surface area contributed by atoms with Gasteiger partial charge in [-0.1, -0.05) is 189 Å². The Balaban J connectivity index is -0.000000113. The molecule has 4 atom stereocenters. The van der Waals surface area contributed by atoms with Gasteiger partial charge in [-0.15, -0.1) is 0 Å². The minimum atomic E-state index is 0.977. The van der Waals surface area contributed by atoms with Crippen LogP contribution in [0.1, 0.15) is 208 Å². The Bertz CT molecular complexity index is 208. The van der Waals surface area contributed by atoms with Crippen molar-refractivity contribution in [1.29, 1.82) is 0 Å². The molecule has 0 bridgehead atoms. The highest BCUT2D eigenvalue weighted by molar-refractivity contribution is 4.72. The van der Waals surface area contributed by atoms with Gasteiger partial charge in [0.2, 0.25) is 0 Å². The SMILES string of the molecule is CC.CC.CC.CC.CC.CC.CCCCC(CC)CC(CC)CC(CC)CC(CC)CCCC. The molecule has 0 nitrogen and oxygen atoms in total. The van der Waals surface area contributed by atoms with Gasteiger partial charge >= 0.3 is 0 Å². The van der Waals surface area contributed by atoms with Gasteiger partial charge in [0.1, 0.15) is 0 Å². The molecule has 0 fully saturated rings. The fourth-order valence-corrected chi connectivity index (χ4v) is 4.24. The van der Waals surface area contributed by atoms with Gasteiger partial charge in [-0.25, -0.2) is 0 Å². The molecule has 224 valence electrons. The zero-order valence-electron chi connectivity index (χ0n) is 29.5. The molecule has 0 amide bonds. The Morgan fingerprint density at radius 1 is 0.314 bits per heavy atom. The summed E-state index contributed by atoms with van der Waals surface area (Å²) in [4.78, 5) is 0. The van der Waals surface area contributed by atoms with E-state index in [-0.39, 0.29) is 0 Å². The van der Waals surface area contributed by atoms with Crippen molar-refractivity contribution in [1.82, 2.24) is 0 Å². The fraction of sp³-hybridized carbons (Fsp3) is 1.00. The molecule has 4 unspecified atom stereocenters. The van der Waals surface area contributed by atoms with Crippen LogP contribution >= 0.6 is 0 Å². The standard InChI is InChI=1S/C23H48.6C2H6/c1-7-13-15-20(9-3)17-22(11-5)19-23(12-6)18-21(10-4)16-14-8-2;6*1-2/h20-23H,7-19H2,1-6H3;6*1-2H3. The van der Waals surface area contributed by atoms with Crippen LogP contribution in [0, 0.1) is 23.7 Å². The van der Waals surface area contributed by atoms with Crippen molar-refractivity contribution in [3.05, 3.63) is 0 Å². The maximum atomic E-state index is 2.43. The maximum absolute atomic E-state index is 2.43. The summed E-state index contributed by atoms with van der Waals surface area (Å²) < 4.78 is 0. The molecule has 0 saturated heterocycles. The van der Waals surface area contributed by atoms with Crippen LogP contribution < -0.4 is 0 Å². The second-order valence-corrected chi connectivity index (χ2v) is 8.09. The van der Waals surface area contributed by atoms with Crippen molar-refractivity contribution in [2.75, 3.05) is 0 Å². The van der Waals surface area contributed by atoms with Gasteiger partial charge in [0.15, 0.2) is 0 Å². The predicted octanol–water partition coefficient (Wildman–Crippen LogP) is 14.8. The third kappa shape index (κ3) is 44.4. The molecule has 0 spiro atoms. The lowest BCUT2D eigenvalue weighted by atomic mass is 9.78. The molecule has 0 saturated carbocycles. The van der Waals surface area contributed by atoms with E-state index in [9.17, 15) is 0 Å². The highest BCUT2D eigenvalue weighted by atomic mass is 14.3. The molecule has 0 aromatic rings. The van der Waals surface area contributed by atoms with E-state index in [1.54, 1.807) is 0 Å². The van der Waals surface area contributed by atoms with E-state index in [2.05, 4.69) is 41.5 Å². The van der Waals surface area contributed by atoms with Crippen molar-refractivity contribution in [2.45, 2.75) is 208 Å². The highest BCUT2D eigenvalue weighted by Crippen LogP contribution is 2.33. The average molecular weight is 505 g/mol. The first-order valence-electron chi connectivity index (χ1n) is 17.1. The number of rotatable bonds is 16. The maximum Gasteiger partial charge on any atom is -0.0412 e. The first-order chi connectivity index (χ1) is 17.1. The molecule has 0 rings (SSSR count). The molecule has 0 aliphatic rings. The van der Waals surface area contributed by atoms with Crippen LogP contribution in [0.5, 0.6) is 0 Å². The van der Waals surface area contributed by atoms with Crippen LogP contribution in [0.25, 0.3) is 0 Å². The summed E-state index contributed by atoms with van der Waals surface area (Å²) in [6, 6.07) is 0.